The van der Waals surface area contributed by atoms with E-state index in [2.05, 4.69) is 35.6 Å². The summed E-state index contributed by atoms with van der Waals surface area (Å²) in [4.78, 5) is 0. The quantitative estimate of drug-likeness (QED) is 0.551. The number of nitrogens with one attached hydrogen (secondary N) is 1. The molecular formula is C24H38N2O4S2. The van der Waals surface area contributed by atoms with E-state index in [4.69, 9.17) is 0 Å². The fourth-order valence-corrected chi connectivity index (χ4v) is 4.43. The Bertz CT molecular complexity index is 1120. The monoisotopic (exact) mass is 482 g/mol. The standard InChI is InChI=1S/C21H25NO2S.C3H9NO2S.2H2/c1-3-6-17-7-5-10-21(17)18-13-11-16(12-14-18)19-8-4-9-20(15-19)22-25(2,23)24;1-4(2)7(3,5)6;;/h3-4,8-9,11-15,17,21-22H,1,5-7,10H2,2H3;1-3H3;2*1H/t17-,21+;;;/m1.../s1. The maximum absolute atomic E-state index is 11.4. The minimum atomic E-state index is -3.26. The van der Waals surface area contributed by atoms with E-state index >= 15 is 0 Å². The first kappa shape index (κ1) is 26.1. The average molecular weight is 483 g/mol. The molecule has 8 heteroatoms. The summed E-state index contributed by atoms with van der Waals surface area (Å²) in [5.74, 6) is 1.34. The van der Waals surface area contributed by atoms with Crippen molar-refractivity contribution in [2.75, 3.05) is 31.3 Å². The van der Waals surface area contributed by atoms with E-state index < -0.39 is 20.0 Å². The lowest BCUT2D eigenvalue weighted by Crippen LogP contribution is -2.19. The van der Waals surface area contributed by atoms with Gasteiger partial charge in [0.25, 0.3) is 0 Å². The second-order valence-corrected chi connectivity index (χ2v) is 12.4. The number of benzene rings is 2. The van der Waals surface area contributed by atoms with Gasteiger partial charge in [-0.3, -0.25) is 4.72 Å². The zero-order chi connectivity index (χ0) is 23.9. The van der Waals surface area contributed by atoms with E-state index in [1.807, 2.05) is 24.3 Å². The molecule has 2 atom stereocenters. The van der Waals surface area contributed by atoms with Crippen molar-refractivity contribution in [1.82, 2.24) is 4.31 Å². The highest BCUT2D eigenvalue weighted by Crippen LogP contribution is 2.42. The molecule has 1 aliphatic rings. The van der Waals surface area contributed by atoms with Crippen LogP contribution in [-0.2, 0) is 20.0 Å². The van der Waals surface area contributed by atoms with Crippen molar-refractivity contribution in [2.45, 2.75) is 31.6 Å². The Morgan fingerprint density at radius 3 is 2.19 bits per heavy atom. The van der Waals surface area contributed by atoms with E-state index in [1.165, 1.54) is 38.9 Å². The molecule has 0 bridgehead atoms. The summed E-state index contributed by atoms with van der Waals surface area (Å²) >= 11 is 0. The number of sulfonamides is 2. The van der Waals surface area contributed by atoms with Crippen LogP contribution < -0.4 is 4.72 Å². The molecule has 1 saturated carbocycles. The molecule has 180 valence electrons. The number of anilines is 1. The molecule has 2 aromatic carbocycles. The van der Waals surface area contributed by atoms with Crippen molar-refractivity contribution in [1.29, 1.82) is 0 Å². The number of nitrogens with zero attached hydrogens (tertiary/aromatic N) is 1. The molecule has 0 unspecified atom stereocenters. The third-order valence-corrected chi connectivity index (χ3v) is 7.56. The molecule has 0 radical (unpaired) electrons. The van der Waals surface area contributed by atoms with Crippen molar-refractivity contribution in [2.24, 2.45) is 5.92 Å². The van der Waals surface area contributed by atoms with E-state index in [0.29, 0.717) is 17.5 Å². The van der Waals surface area contributed by atoms with Crippen molar-refractivity contribution in [3.8, 4) is 11.1 Å². The molecule has 0 heterocycles. The largest absolute Gasteiger partial charge is 0.284 e. The highest BCUT2D eigenvalue weighted by Gasteiger charge is 2.27. The van der Waals surface area contributed by atoms with E-state index in [1.54, 1.807) is 6.07 Å². The summed E-state index contributed by atoms with van der Waals surface area (Å²) < 4.78 is 47.0. The molecule has 1 fully saturated rings. The smallest absolute Gasteiger partial charge is 0.229 e. The minimum absolute atomic E-state index is 0. The fourth-order valence-electron chi connectivity index (χ4n) is 3.87. The van der Waals surface area contributed by atoms with Gasteiger partial charge in [-0.2, -0.15) is 0 Å². The van der Waals surface area contributed by atoms with Crippen LogP contribution in [0.15, 0.2) is 61.2 Å². The van der Waals surface area contributed by atoms with Crippen LogP contribution >= 0.6 is 0 Å². The minimum Gasteiger partial charge on any atom is -0.284 e. The lowest BCUT2D eigenvalue weighted by Gasteiger charge is -2.19. The Labute approximate surface area is 196 Å². The molecule has 0 saturated heterocycles. The molecular weight excluding hydrogens is 444 g/mol. The lowest BCUT2D eigenvalue weighted by molar-refractivity contribution is 0.491. The predicted octanol–water partition coefficient (Wildman–Crippen LogP) is 5.18. The first-order valence-corrected chi connectivity index (χ1v) is 14.3. The predicted molar refractivity (Wildman–Crippen MR) is 138 cm³/mol. The van der Waals surface area contributed by atoms with Gasteiger partial charge in [0.1, 0.15) is 0 Å². The zero-order valence-electron chi connectivity index (χ0n) is 19.3. The summed E-state index contributed by atoms with van der Waals surface area (Å²) in [7, 11) is -3.18. The van der Waals surface area contributed by atoms with Crippen LogP contribution in [0.25, 0.3) is 11.1 Å². The maximum Gasteiger partial charge on any atom is 0.229 e. The van der Waals surface area contributed by atoms with Crippen molar-refractivity contribution in [3.05, 3.63) is 66.7 Å². The lowest BCUT2D eigenvalue weighted by atomic mass is 9.86. The van der Waals surface area contributed by atoms with E-state index in [9.17, 15) is 16.8 Å². The molecule has 0 amide bonds. The van der Waals surface area contributed by atoms with Crippen molar-refractivity contribution < 1.29 is 19.7 Å². The van der Waals surface area contributed by atoms with Gasteiger partial charge < -0.3 is 0 Å². The van der Waals surface area contributed by atoms with Crippen LogP contribution in [0, 0.1) is 5.92 Å². The highest BCUT2D eigenvalue weighted by atomic mass is 32.2. The Kier molecular flexibility index (Phi) is 9.07. The number of hydrogen-bond donors (Lipinski definition) is 1. The average Bonchev–Trinajstić information content (AvgIpc) is 3.15. The molecule has 0 spiro atoms. The van der Waals surface area contributed by atoms with Gasteiger partial charge in [-0.1, -0.05) is 48.9 Å². The van der Waals surface area contributed by atoms with Gasteiger partial charge in [0.15, 0.2) is 0 Å². The topological polar surface area (TPSA) is 83.6 Å². The summed E-state index contributed by atoms with van der Waals surface area (Å²) in [5, 5.41) is 0. The first-order chi connectivity index (χ1) is 14.9. The van der Waals surface area contributed by atoms with Crippen LogP contribution in [0.4, 0.5) is 5.69 Å². The Hall–Kier alpha value is -2.16. The fraction of sp³-hybridized carbons (Fsp3) is 0.417. The van der Waals surface area contributed by atoms with Gasteiger partial charge in [0, 0.05) is 22.6 Å². The summed E-state index contributed by atoms with van der Waals surface area (Å²) in [6.07, 6.45) is 9.29. The van der Waals surface area contributed by atoms with Crippen molar-refractivity contribution >= 4 is 25.7 Å². The van der Waals surface area contributed by atoms with Gasteiger partial charge >= 0.3 is 0 Å². The number of allylic oxidation sites excluding steroid dienone is 1. The summed E-state index contributed by atoms with van der Waals surface area (Å²) in [5.41, 5.74) is 4.10. The van der Waals surface area contributed by atoms with Crippen molar-refractivity contribution in [3.63, 3.8) is 0 Å². The Morgan fingerprint density at radius 2 is 1.66 bits per heavy atom. The van der Waals surface area contributed by atoms with E-state index in [0.717, 1.165) is 34.4 Å². The Balaban J connectivity index is 0.00000106. The third kappa shape index (κ3) is 8.07. The van der Waals surface area contributed by atoms with Gasteiger partial charge in [-0.05, 0) is 59.9 Å². The molecule has 1 aliphatic carbocycles. The zero-order valence-corrected chi connectivity index (χ0v) is 20.9. The normalized spacial score (nSPS) is 18.7. The van der Waals surface area contributed by atoms with Crippen LogP contribution in [0.3, 0.4) is 0 Å². The van der Waals surface area contributed by atoms with Crippen LogP contribution in [-0.4, -0.2) is 47.7 Å². The van der Waals surface area contributed by atoms with Gasteiger partial charge in [-0.25, -0.2) is 21.1 Å². The molecule has 6 nitrogen and oxygen atoms in total. The molecule has 3 rings (SSSR count). The Morgan fingerprint density at radius 1 is 1.03 bits per heavy atom. The third-order valence-electron chi connectivity index (χ3n) is 5.63. The molecule has 0 aliphatic heterocycles. The van der Waals surface area contributed by atoms with Gasteiger partial charge in [0.05, 0.1) is 12.5 Å². The van der Waals surface area contributed by atoms with Gasteiger partial charge in [0.2, 0.25) is 20.0 Å². The van der Waals surface area contributed by atoms with Crippen LogP contribution in [0.2, 0.25) is 0 Å². The van der Waals surface area contributed by atoms with E-state index in [-0.39, 0.29) is 2.85 Å². The van der Waals surface area contributed by atoms with Crippen LogP contribution in [0.1, 0.15) is 40.0 Å². The second kappa shape index (κ2) is 11.1. The number of rotatable bonds is 7. The maximum atomic E-state index is 11.4. The molecule has 2 aromatic rings. The molecule has 1 N–H and O–H groups in total. The molecule has 0 aromatic heterocycles. The number of hydrogen-bond acceptors (Lipinski definition) is 4. The second-order valence-electron chi connectivity index (χ2n) is 8.44. The van der Waals surface area contributed by atoms with Gasteiger partial charge in [-0.15, -0.1) is 6.58 Å². The summed E-state index contributed by atoms with van der Waals surface area (Å²) in [6, 6.07) is 16.2. The summed E-state index contributed by atoms with van der Waals surface area (Å²) in [6.45, 7) is 3.89. The SMILES string of the molecule is C=CC[C@@H]1CCC[C@@H]1c1ccc(-c2cccc(NS(C)(=O)=O)c2)cc1.CN(C)S(C)(=O)=O.[HH].[HH]. The molecule has 32 heavy (non-hydrogen) atoms. The first-order valence-electron chi connectivity index (χ1n) is 10.6. The highest BCUT2D eigenvalue weighted by molar-refractivity contribution is 7.92. The van der Waals surface area contributed by atoms with Crippen LogP contribution in [0.5, 0.6) is 0 Å².